The normalized spacial score (nSPS) is 10.8. The molecule has 2 rings (SSSR count). The van der Waals surface area contributed by atoms with E-state index in [0.29, 0.717) is 11.1 Å². The molecule has 0 saturated heterocycles. The van der Waals surface area contributed by atoms with Gasteiger partial charge in [-0.25, -0.2) is 9.59 Å². The molecule has 0 amide bonds. The van der Waals surface area contributed by atoms with Gasteiger partial charge in [0.05, 0.1) is 0 Å². The summed E-state index contributed by atoms with van der Waals surface area (Å²) in [5.74, 6) is -2.70. The van der Waals surface area contributed by atoms with Gasteiger partial charge in [-0.1, -0.05) is 12.1 Å². The summed E-state index contributed by atoms with van der Waals surface area (Å²) in [4.78, 5) is 46.4. The van der Waals surface area contributed by atoms with E-state index in [1.807, 2.05) is 24.3 Å². The first-order chi connectivity index (χ1) is 14.6. The van der Waals surface area contributed by atoms with E-state index in [2.05, 4.69) is 22.6 Å². The van der Waals surface area contributed by atoms with Gasteiger partial charge in [-0.3, -0.25) is 9.59 Å². The Morgan fingerprint density at radius 1 is 0.806 bits per heavy atom. The summed E-state index contributed by atoms with van der Waals surface area (Å²) in [5.41, 5.74) is 1.78. The quantitative estimate of drug-likeness (QED) is 0.180. The highest BCUT2D eigenvalue weighted by Crippen LogP contribution is 2.33. The van der Waals surface area contributed by atoms with Gasteiger partial charge in [-0.2, -0.15) is 0 Å². The van der Waals surface area contributed by atoms with Crippen LogP contribution in [0.5, 0.6) is 11.5 Å². The van der Waals surface area contributed by atoms with E-state index < -0.39 is 23.9 Å². The smallest absolute Gasteiger partial charge is 0.338 e. The molecule has 0 unspecified atom stereocenters. The average Bonchev–Trinajstić information content (AvgIpc) is 2.68. The molecule has 0 spiro atoms. The Balaban J connectivity index is 2.09. The number of rotatable bonds is 6. The van der Waals surface area contributed by atoms with Crippen molar-refractivity contribution in [2.24, 2.45) is 0 Å². The predicted molar refractivity (Wildman–Crippen MR) is 122 cm³/mol. The van der Waals surface area contributed by atoms with Gasteiger partial charge in [0.25, 0.3) is 0 Å². The Morgan fingerprint density at radius 3 is 1.90 bits per heavy atom. The molecule has 0 heterocycles. The molecule has 0 aliphatic rings. The van der Waals surface area contributed by atoms with Crippen molar-refractivity contribution < 1.29 is 33.4 Å². The number of benzene rings is 2. The van der Waals surface area contributed by atoms with E-state index >= 15 is 0 Å². The Hall–Kier alpha value is -3.27. The van der Waals surface area contributed by atoms with Gasteiger partial charge in [0, 0.05) is 29.6 Å². The summed E-state index contributed by atoms with van der Waals surface area (Å²) in [6.07, 6.45) is 5.15. The van der Waals surface area contributed by atoms with Crippen molar-refractivity contribution in [1.82, 2.24) is 0 Å². The van der Waals surface area contributed by atoms with Gasteiger partial charge in [0.1, 0.15) is 0 Å². The van der Waals surface area contributed by atoms with Crippen molar-refractivity contribution in [3.63, 3.8) is 0 Å². The van der Waals surface area contributed by atoms with E-state index in [1.165, 1.54) is 32.1 Å². The molecule has 0 N–H and O–H groups in total. The lowest BCUT2D eigenvalue weighted by Crippen LogP contribution is -2.09. The zero-order valence-corrected chi connectivity index (χ0v) is 19.2. The van der Waals surface area contributed by atoms with Crippen molar-refractivity contribution in [3.05, 3.63) is 68.8 Å². The first kappa shape index (κ1) is 24.0. The molecule has 0 aliphatic carbocycles. The standard InChI is InChI=1S/C23H19IO7/c1-14-12-18(13-20(29-15(2)25)23(14)30-16(3)26)7-11-22(28)31-21(27)10-6-17-4-8-19(24)9-5-17/h4-13H,1-3H3/b10-6+,11-7?. The number of hydrogen-bond donors (Lipinski definition) is 0. The SMILES string of the molecule is CC(=O)Oc1cc(C=CC(=O)OC(=O)/C=C/c2ccc(I)cc2)cc(C)c1OC(C)=O. The Labute approximate surface area is 192 Å². The predicted octanol–water partition coefficient (Wildman–Crippen LogP) is 4.25. The van der Waals surface area contributed by atoms with Crippen molar-refractivity contribution in [1.29, 1.82) is 0 Å². The van der Waals surface area contributed by atoms with E-state index in [0.717, 1.165) is 21.3 Å². The van der Waals surface area contributed by atoms with Crippen LogP contribution in [-0.4, -0.2) is 23.9 Å². The molecule has 0 saturated carbocycles. The first-order valence-corrected chi connectivity index (χ1v) is 10.1. The number of ether oxygens (including phenoxy) is 3. The zero-order valence-electron chi connectivity index (χ0n) is 17.0. The van der Waals surface area contributed by atoms with E-state index in [1.54, 1.807) is 13.0 Å². The second kappa shape index (κ2) is 11.2. The third-order valence-electron chi connectivity index (χ3n) is 3.66. The minimum absolute atomic E-state index is 0.0345. The van der Waals surface area contributed by atoms with Crippen LogP contribution >= 0.6 is 22.6 Å². The molecule has 7 nitrogen and oxygen atoms in total. The molecule has 0 radical (unpaired) electrons. The second-order valence-corrected chi connectivity index (χ2v) is 7.56. The maximum Gasteiger partial charge on any atom is 0.338 e. The van der Waals surface area contributed by atoms with E-state index in [9.17, 15) is 19.2 Å². The highest BCUT2D eigenvalue weighted by molar-refractivity contribution is 14.1. The lowest BCUT2D eigenvalue weighted by molar-refractivity contribution is -0.152. The monoisotopic (exact) mass is 534 g/mol. The van der Waals surface area contributed by atoms with Crippen molar-refractivity contribution >= 4 is 58.6 Å². The summed E-state index contributed by atoms with van der Waals surface area (Å²) in [6.45, 7) is 4.09. The van der Waals surface area contributed by atoms with Crippen LogP contribution in [0.2, 0.25) is 0 Å². The van der Waals surface area contributed by atoms with Gasteiger partial charge in [0.2, 0.25) is 0 Å². The summed E-state index contributed by atoms with van der Waals surface area (Å²) in [7, 11) is 0. The van der Waals surface area contributed by atoms with Crippen LogP contribution in [0.3, 0.4) is 0 Å². The van der Waals surface area contributed by atoms with Crippen LogP contribution in [0, 0.1) is 10.5 Å². The highest BCUT2D eigenvalue weighted by atomic mass is 127. The molecule has 0 bridgehead atoms. The summed E-state index contributed by atoms with van der Waals surface area (Å²) >= 11 is 2.17. The molecule has 160 valence electrons. The molecule has 2 aromatic carbocycles. The third kappa shape index (κ3) is 8.17. The van der Waals surface area contributed by atoms with Crippen molar-refractivity contribution in [2.45, 2.75) is 20.8 Å². The highest BCUT2D eigenvalue weighted by Gasteiger charge is 2.14. The minimum Gasteiger partial charge on any atom is -0.423 e. The molecular weight excluding hydrogens is 515 g/mol. The maximum absolute atomic E-state index is 11.9. The molecule has 2 aromatic rings. The Kier molecular flexibility index (Phi) is 8.68. The van der Waals surface area contributed by atoms with Crippen LogP contribution in [0.1, 0.15) is 30.5 Å². The number of carbonyl (C=O) groups excluding carboxylic acids is 4. The molecule has 8 heteroatoms. The van der Waals surface area contributed by atoms with Crippen LogP contribution in [0.25, 0.3) is 12.2 Å². The fourth-order valence-corrected chi connectivity index (χ4v) is 2.80. The van der Waals surface area contributed by atoms with Gasteiger partial charge in [0.15, 0.2) is 11.5 Å². The maximum atomic E-state index is 11.9. The lowest BCUT2D eigenvalue weighted by atomic mass is 10.1. The Morgan fingerprint density at radius 2 is 1.35 bits per heavy atom. The van der Waals surface area contributed by atoms with E-state index in [4.69, 9.17) is 14.2 Å². The number of carbonyl (C=O) groups is 4. The third-order valence-corrected chi connectivity index (χ3v) is 4.38. The number of esters is 4. The van der Waals surface area contributed by atoms with Crippen LogP contribution in [0.15, 0.2) is 48.6 Å². The number of halogens is 1. The molecule has 0 atom stereocenters. The molecular formula is C23H19IO7. The molecule has 0 aromatic heterocycles. The van der Waals surface area contributed by atoms with Crippen LogP contribution in [-0.2, 0) is 23.9 Å². The fraction of sp³-hybridized carbons (Fsp3) is 0.130. The van der Waals surface area contributed by atoms with Crippen LogP contribution in [0.4, 0.5) is 0 Å². The summed E-state index contributed by atoms with van der Waals surface area (Å²) < 4.78 is 16.0. The summed E-state index contributed by atoms with van der Waals surface area (Å²) in [6, 6.07) is 10.5. The van der Waals surface area contributed by atoms with Gasteiger partial charge in [-0.05, 0) is 82.6 Å². The van der Waals surface area contributed by atoms with Crippen molar-refractivity contribution in [2.75, 3.05) is 0 Å². The number of aryl methyl sites for hydroxylation is 1. The lowest BCUT2D eigenvalue weighted by Gasteiger charge is -2.12. The summed E-state index contributed by atoms with van der Waals surface area (Å²) in [5, 5.41) is 0. The van der Waals surface area contributed by atoms with Gasteiger partial charge >= 0.3 is 23.9 Å². The van der Waals surface area contributed by atoms with Gasteiger partial charge < -0.3 is 14.2 Å². The van der Waals surface area contributed by atoms with E-state index in [-0.39, 0.29) is 11.5 Å². The molecule has 31 heavy (non-hydrogen) atoms. The van der Waals surface area contributed by atoms with Crippen molar-refractivity contribution in [3.8, 4) is 11.5 Å². The Bertz CT molecular complexity index is 1070. The zero-order chi connectivity index (χ0) is 23.0. The molecule has 0 aliphatic heterocycles. The largest absolute Gasteiger partial charge is 0.423 e. The fourth-order valence-electron chi connectivity index (χ4n) is 2.44. The number of hydrogen-bond acceptors (Lipinski definition) is 7. The second-order valence-electron chi connectivity index (χ2n) is 6.31. The minimum atomic E-state index is -0.868. The topological polar surface area (TPSA) is 96.0 Å². The average molecular weight is 534 g/mol. The van der Waals surface area contributed by atoms with Crippen LogP contribution < -0.4 is 9.47 Å². The first-order valence-electron chi connectivity index (χ1n) is 9.03. The molecule has 0 fully saturated rings. The van der Waals surface area contributed by atoms with Gasteiger partial charge in [-0.15, -0.1) is 0 Å².